The summed E-state index contributed by atoms with van der Waals surface area (Å²) in [4.78, 5) is 12.9. The van der Waals surface area contributed by atoms with Gasteiger partial charge in [-0.1, -0.05) is 23.7 Å². The molecule has 1 heterocycles. The van der Waals surface area contributed by atoms with E-state index in [-0.39, 0.29) is 5.76 Å². The van der Waals surface area contributed by atoms with Crippen LogP contribution in [0.3, 0.4) is 0 Å². The van der Waals surface area contributed by atoms with E-state index in [1.165, 1.54) is 0 Å². The lowest BCUT2D eigenvalue weighted by molar-refractivity contribution is 0.0661. The van der Waals surface area contributed by atoms with E-state index in [9.17, 15) is 4.79 Å². The van der Waals surface area contributed by atoms with E-state index < -0.39 is 5.97 Å². The highest BCUT2D eigenvalue weighted by Gasteiger charge is 2.14. The molecule has 2 rings (SSSR count). The van der Waals surface area contributed by atoms with E-state index in [2.05, 4.69) is 4.90 Å². The van der Waals surface area contributed by atoms with Crippen LogP contribution in [0.2, 0.25) is 5.02 Å². The number of hydrogen-bond acceptors (Lipinski definition) is 3. The third-order valence-electron chi connectivity index (χ3n) is 3.04. The number of nitrogens with zero attached hydrogens (tertiary/aromatic N) is 1. The fourth-order valence-electron chi connectivity index (χ4n) is 2.03. The number of halogens is 1. The first-order chi connectivity index (χ1) is 9.45. The topological polar surface area (TPSA) is 53.7 Å². The van der Waals surface area contributed by atoms with Crippen molar-refractivity contribution in [3.63, 3.8) is 0 Å². The Morgan fingerprint density at radius 2 is 1.95 bits per heavy atom. The zero-order chi connectivity index (χ0) is 14.7. The number of hydrogen-bond donors (Lipinski definition) is 1. The molecule has 0 spiro atoms. The van der Waals surface area contributed by atoms with E-state index in [4.69, 9.17) is 21.1 Å². The fraction of sp³-hybridized carbons (Fsp3) is 0.267. The number of aryl methyl sites for hydroxylation is 1. The summed E-state index contributed by atoms with van der Waals surface area (Å²) < 4.78 is 5.20. The van der Waals surface area contributed by atoms with Crippen LogP contribution in [-0.4, -0.2) is 23.0 Å². The van der Waals surface area contributed by atoms with Gasteiger partial charge in [0.1, 0.15) is 5.76 Å². The maximum Gasteiger partial charge on any atom is 0.371 e. The second-order valence-corrected chi connectivity index (χ2v) is 5.23. The first-order valence-corrected chi connectivity index (χ1v) is 6.59. The summed E-state index contributed by atoms with van der Waals surface area (Å²) in [5, 5.41) is 9.61. The minimum Gasteiger partial charge on any atom is -0.475 e. The molecule has 5 heteroatoms. The monoisotopic (exact) mass is 293 g/mol. The van der Waals surface area contributed by atoms with Gasteiger partial charge in [0.25, 0.3) is 0 Å². The predicted molar refractivity (Wildman–Crippen MR) is 77.0 cm³/mol. The molecule has 0 aliphatic heterocycles. The molecule has 0 unspecified atom stereocenters. The van der Waals surface area contributed by atoms with Crippen LogP contribution in [0.1, 0.15) is 27.4 Å². The molecule has 1 aromatic carbocycles. The molecule has 0 radical (unpaired) electrons. The molecule has 2 aromatic rings. The Hall–Kier alpha value is -1.78. The molecule has 1 N–H and O–H groups in total. The van der Waals surface area contributed by atoms with Gasteiger partial charge in [0.05, 0.1) is 0 Å². The molecule has 0 amide bonds. The summed E-state index contributed by atoms with van der Waals surface area (Å²) in [5.41, 5.74) is 2.04. The highest BCUT2D eigenvalue weighted by atomic mass is 35.5. The van der Waals surface area contributed by atoms with Crippen molar-refractivity contribution in [1.29, 1.82) is 0 Å². The first kappa shape index (κ1) is 14.6. The van der Waals surface area contributed by atoms with Crippen molar-refractivity contribution in [2.45, 2.75) is 20.0 Å². The lowest BCUT2D eigenvalue weighted by atomic mass is 10.2. The third kappa shape index (κ3) is 3.62. The van der Waals surface area contributed by atoms with Crippen LogP contribution >= 0.6 is 11.6 Å². The smallest absolute Gasteiger partial charge is 0.371 e. The molecule has 4 nitrogen and oxygen atoms in total. The Bertz CT molecular complexity index is 604. The van der Waals surface area contributed by atoms with Crippen molar-refractivity contribution in [2.24, 2.45) is 0 Å². The van der Waals surface area contributed by atoms with Gasteiger partial charge in [0, 0.05) is 23.7 Å². The van der Waals surface area contributed by atoms with E-state index in [0.717, 1.165) is 17.7 Å². The van der Waals surface area contributed by atoms with E-state index in [1.54, 1.807) is 13.0 Å². The molecular weight excluding hydrogens is 278 g/mol. The van der Waals surface area contributed by atoms with Gasteiger partial charge in [-0.25, -0.2) is 4.79 Å². The van der Waals surface area contributed by atoms with Gasteiger partial charge in [-0.15, -0.1) is 0 Å². The molecule has 0 atom stereocenters. The van der Waals surface area contributed by atoms with Crippen molar-refractivity contribution >= 4 is 17.6 Å². The zero-order valence-corrected chi connectivity index (χ0v) is 12.1. The summed E-state index contributed by atoms with van der Waals surface area (Å²) in [6.07, 6.45) is 0. The molecule has 20 heavy (non-hydrogen) atoms. The van der Waals surface area contributed by atoms with Gasteiger partial charge in [0.2, 0.25) is 5.76 Å². The quantitative estimate of drug-likeness (QED) is 0.915. The van der Waals surface area contributed by atoms with Crippen LogP contribution in [-0.2, 0) is 13.1 Å². The SMILES string of the molecule is Cc1oc(C(=O)O)cc1CN(C)Cc1ccc(Cl)cc1. The molecular formula is C15H16ClNO3. The summed E-state index contributed by atoms with van der Waals surface area (Å²) in [6.45, 7) is 3.16. The van der Waals surface area contributed by atoms with Crippen LogP contribution in [0.5, 0.6) is 0 Å². The van der Waals surface area contributed by atoms with E-state index >= 15 is 0 Å². The average molecular weight is 294 g/mol. The fourth-order valence-corrected chi connectivity index (χ4v) is 2.16. The van der Waals surface area contributed by atoms with Crippen molar-refractivity contribution in [1.82, 2.24) is 4.90 Å². The Balaban J connectivity index is 2.02. The lowest BCUT2D eigenvalue weighted by Crippen LogP contribution is -2.17. The summed E-state index contributed by atoms with van der Waals surface area (Å²) in [6, 6.07) is 9.25. The minimum atomic E-state index is -1.04. The average Bonchev–Trinajstić information content (AvgIpc) is 2.74. The standard InChI is InChI=1S/C15H16ClNO3/c1-10-12(7-14(20-10)15(18)19)9-17(2)8-11-3-5-13(16)6-4-11/h3-7H,8-9H2,1-2H3,(H,18,19). The number of rotatable bonds is 5. The van der Waals surface area contributed by atoms with Crippen LogP contribution in [0, 0.1) is 6.92 Å². The van der Waals surface area contributed by atoms with Gasteiger partial charge in [0.15, 0.2) is 0 Å². The molecule has 0 aliphatic carbocycles. The predicted octanol–water partition coefficient (Wildman–Crippen LogP) is 3.57. The summed E-state index contributed by atoms with van der Waals surface area (Å²) >= 11 is 5.85. The second kappa shape index (κ2) is 6.11. The number of aromatic carboxylic acids is 1. The summed E-state index contributed by atoms with van der Waals surface area (Å²) in [5.74, 6) is -0.414. The first-order valence-electron chi connectivity index (χ1n) is 6.21. The minimum absolute atomic E-state index is 0.0163. The molecule has 0 saturated carbocycles. The normalized spacial score (nSPS) is 11.0. The molecule has 0 aliphatic rings. The molecule has 106 valence electrons. The molecule has 0 bridgehead atoms. The van der Waals surface area contributed by atoms with Crippen LogP contribution in [0.4, 0.5) is 0 Å². The zero-order valence-electron chi connectivity index (χ0n) is 11.4. The Morgan fingerprint density at radius 3 is 2.50 bits per heavy atom. The van der Waals surface area contributed by atoms with Gasteiger partial charge in [-0.3, -0.25) is 4.90 Å². The number of carboxylic acids is 1. The Kier molecular flexibility index (Phi) is 4.47. The maximum absolute atomic E-state index is 10.9. The van der Waals surface area contributed by atoms with Crippen LogP contribution in [0.15, 0.2) is 34.7 Å². The number of carbonyl (C=O) groups is 1. The lowest BCUT2D eigenvalue weighted by Gasteiger charge is -2.16. The third-order valence-corrected chi connectivity index (χ3v) is 3.29. The van der Waals surface area contributed by atoms with E-state index in [1.807, 2.05) is 31.3 Å². The number of furan rings is 1. The highest BCUT2D eigenvalue weighted by molar-refractivity contribution is 6.30. The largest absolute Gasteiger partial charge is 0.475 e. The number of benzene rings is 1. The van der Waals surface area contributed by atoms with Gasteiger partial charge in [-0.05, 0) is 37.7 Å². The van der Waals surface area contributed by atoms with Crippen molar-refractivity contribution < 1.29 is 14.3 Å². The Morgan fingerprint density at radius 1 is 1.30 bits per heavy atom. The summed E-state index contributed by atoms with van der Waals surface area (Å²) in [7, 11) is 1.97. The number of carboxylic acid groups (broad SMARTS) is 1. The van der Waals surface area contributed by atoms with Crippen molar-refractivity contribution in [3.05, 3.63) is 58.0 Å². The van der Waals surface area contributed by atoms with Crippen molar-refractivity contribution in [2.75, 3.05) is 7.05 Å². The maximum atomic E-state index is 10.9. The molecule has 1 aromatic heterocycles. The molecule has 0 saturated heterocycles. The second-order valence-electron chi connectivity index (χ2n) is 4.80. The van der Waals surface area contributed by atoms with Gasteiger partial charge < -0.3 is 9.52 Å². The van der Waals surface area contributed by atoms with Crippen LogP contribution < -0.4 is 0 Å². The van der Waals surface area contributed by atoms with Crippen molar-refractivity contribution in [3.8, 4) is 0 Å². The van der Waals surface area contributed by atoms with Crippen LogP contribution in [0.25, 0.3) is 0 Å². The highest BCUT2D eigenvalue weighted by Crippen LogP contribution is 2.18. The van der Waals surface area contributed by atoms with Gasteiger partial charge in [-0.2, -0.15) is 0 Å². The van der Waals surface area contributed by atoms with E-state index in [0.29, 0.717) is 17.3 Å². The Labute approximate surface area is 122 Å². The molecule has 0 fully saturated rings. The van der Waals surface area contributed by atoms with Gasteiger partial charge >= 0.3 is 5.97 Å².